The third-order valence-corrected chi connectivity index (χ3v) is 15.1. The highest BCUT2D eigenvalue weighted by Crippen LogP contribution is 2.38. The number of nitrogens with one attached hydrogen (secondary N) is 2. The molecule has 6 aromatic rings. The van der Waals surface area contributed by atoms with E-state index in [1.54, 1.807) is 11.2 Å². The Morgan fingerprint density at radius 1 is 0.653 bits per heavy atom. The van der Waals surface area contributed by atoms with Gasteiger partial charge >= 0.3 is 0 Å². The van der Waals surface area contributed by atoms with Crippen LogP contribution in [0.25, 0.3) is 44.2 Å². The topological polar surface area (TPSA) is 122 Å². The fourth-order valence-corrected chi connectivity index (χ4v) is 10.7. The first-order chi connectivity index (χ1) is 36.4. The summed E-state index contributed by atoms with van der Waals surface area (Å²) < 4.78 is 24.5. The van der Waals surface area contributed by atoms with Crippen molar-refractivity contribution in [2.24, 2.45) is 0 Å². The molecule has 2 N–H and O–H groups in total. The molecule has 0 radical (unpaired) electrons. The van der Waals surface area contributed by atoms with Crippen molar-refractivity contribution < 1.29 is 27.9 Å². The number of likely N-dealkylation sites (N-methyl/N-ethyl adjacent to an activating group) is 2. The molecule has 2 aliphatic rings. The molecule has 0 aliphatic carbocycles. The Bertz CT molecular complexity index is 2730. The Labute approximate surface area is 454 Å². The number of fused-ring (bicyclic) bond motifs is 2. The summed E-state index contributed by atoms with van der Waals surface area (Å²) in [7, 11) is 7.98. The van der Waals surface area contributed by atoms with Crippen molar-refractivity contribution in [3.63, 3.8) is 0 Å². The minimum atomic E-state index is -0.231. The van der Waals surface area contributed by atoms with E-state index in [1.165, 1.54) is 6.92 Å². The molecule has 14 nitrogen and oxygen atoms in total. The van der Waals surface area contributed by atoms with Crippen LogP contribution in [0, 0.1) is 0 Å². The third kappa shape index (κ3) is 16.0. The molecule has 2 atom stereocenters. The maximum atomic E-state index is 14.0. The highest BCUT2D eigenvalue weighted by molar-refractivity contribution is 6.31. The molecule has 8 rings (SSSR count). The van der Waals surface area contributed by atoms with Crippen LogP contribution in [0.3, 0.4) is 0 Å². The molecular weight excluding hydrogens is 988 g/mol. The summed E-state index contributed by atoms with van der Waals surface area (Å²) in [6.45, 7) is 15.8. The number of halogens is 2. The lowest BCUT2D eigenvalue weighted by atomic mass is 10.0. The average molecular weight is 1070 g/mol. The summed E-state index contributed by atoms with van der Waals surface area (Å²) in [6, 6.07) is 27.3. The van der Waals surface area contributed by atoms with Crippen molar-refractivity contribution in [3.05, 3.63) is 107 Å². The highest BCUT2D eigenvalue weighted by Gasteiger charge is 2.36. The van der Waals surface area contributed by atoms with Gasteiger partial charge in [-0.2, -0.15) is 0 Å². The number of unbranched alkanes of at least 4 members (excludes halogenated alkanes) is 4. The number of hydrogen-bond acceptors (Lipinski definition) is 12. The van der Waals surface area contributed by atoms with Crippen LogP contribution >= 0.6 is 23.2 Å². The number of carbonyl (C=O) groups is 2. The molecule has 404 valence electrons. The Morgan fingerprint density at radius 3 is 1.77 bits per heavy atom. The monoisotopic (exact) mass is 1060 g/mol. The molecule has 4 aromatic carbocycles. The van der Waals surface area contributed by atoms with Crippen LogP contribution in [0.4, 0.5) is 0 Å². The number of nitrogens with zero attached hydrogens (tertiary/aromatic N) is 6. The first kappa shape index (κ1) is 56.1. The largest absolute Gasteiger partial charge is 0.493 e. The van der Waals surface area contributed by atoms with Gasteiger partial charge in [-0.1, -0.05) is 47.5 Å². The van der Waals surface area contributed by atoms with Gasteiger partial charge in [0, 0.05) is 143 Å². The summed E-state index contributed by atoms with van der Waals surface area (Å²) in [5, 5.41) is 10.2. The SMILES string of the molecule is CC(=O)NCc1oc2cc(OCCCCCN3CCN(C(C(=O)N(C)C)C(CN(C)C)NCCN4CCN(CCCCCOc5ccc6c(-c7ccc(Cl)cc7)coc6c5)CC4)CC3)ccc2c1-c1ccc(Cl)cc1. The van der Waals surface area contributed by atoms with Crippen molar-refractivity contribution in [2.45, 2.75) is 64.1 Å². The van der Waals surface area contributed by atoms with Crippen molar-refractivity contribution in [3.8, 4) is 33.8 Å². The molecule has 2 unspecified atom stereocenters. The van der Waals surface area contributed by atoms with E-state index < -0.39 is 0 Å². The second-order valence-electron chi connectivity index (χ2n) is 20.7. The van der Waals surface area contributed by atoms with Gasteiger partial charge in [0.1, 0.15) is 34.5 Å². The summed E-state index contributed by atoms with van der Waals surface area (Å²) in [5.74, 6) is 2.34. The molecule has 16 heteroatoms. The van der Waals surface area contributed by atoms with Crippen LogP contribution in [0.2, 0.25) is 10.0 Å². The van der Waals surface area contributed by atoms with Crippen molar-refractivity contribution in [2.75, 3.05) is 126 Å². The average Bonchev–Trinajstić information content (AvgIpc) is 4.01. The number of furan rings is 2. The fraction of sp³-hybridized carbons (Fsp3) is 0.492. The number of ether oxygens (including phenoxy) is 2. The normalized spacial score (nSPS) is 15.9. The number of hydrogen-bond donors (Lipinski definition) is 2. The van der Waals surface area contributed by atoms with Crippen LogP contribution in [0.5, 0.6) is 11.5 Å². The Balaban J connectivity index is 0.709. The molecule has 2 saturated heterocycles. The van der Waals surface area contributed by atoms with Crippen LogP contribution in [0.1, 0.15) is 51.2 Å². The Hall–Kier alpha value is -5.16. The van der Waals surface area contributed by atoms with E-state index in [-0.39, 0.29) is 23.9 Å². The lowest BCUT2D eigenvalue weighted by Crippen LogP contribution is -2.64. The van der Waals surface area contributed by atoms with Gasteiger partial charge in [0.2, 0.25) is 11.8 Å². The first-order valence-electron chi connectivity index (χ1n) is 27.0. The molecule has 75 heavy (non-hydrogen) atoms. The zero-order valence-electron chi connectivity index (χ0n) is 44.8. The maximum absolute atomic E-state index is 14.0. The second-order valence-corrected chi connectivity index (χ2v) is 21.5. The number of benzene rings is 4. The van der Waals surface area contributed by atoms with Crippen molar-refractivity contribution >= 4 is 57.0 Å². The minimum Gasteiger partial charge on any atom is -0.493 e. The van der Waals surface area contributed by atoms with Crippen LogP contribution in [-0.2, 0) is 16.1 Å². The first-order valence-corrected chi connectivity index (χ1v) is 27.7. The van der Waals surface area contributed by atoms with Gasteiger partial charge in [0.05, 0.1) is 26.0 Å². The van der Waals surface area contributed by atoms with Crippen molar-refractivity contribution in [1.82, 2.24) is 40.0 Å². The third-order valence-electron chi connectivity index (χ3n) is 14.6. The molecule has 2 aliphatic heterocycles. The molecule has 2 aromatic heterocycles. The van der Waals surface area contributed by atoms with E-state index >= 15 is 0 Å². The summed E-state index contributed by atoms with van der Waals surface area (Å²) in [4.78, 5) is 39.8. The van der Waals surface area contributed by atoms with Gasteiger partial charge in [0.25, 0.3) is 0 Å². The van der Waals surface area contributed by atoms with E-state index in [9.17, 15) is 9.59 Å². The molecule has 0 spiro atoms. The molecule has 4 heterocycles. The van der Waals surface area contributed by atoms with Crippen LogP contribution < -0.4 is 20.1 Å². The van der Waals surface area contributed by atoms with E-state index in [0.29, 0.717) is 36.1 Å². The van der Waals surface area contributed by atoms with E-state index in [2.05, 4.69) is 55.3 Å². The maximum Gasteiger partial charge on any atom is 0.241 e. The molecule has 0 saturated carbocycles. The smallest absolute Gasteiger partial charge is 0.241 e. The number of piperazine rings is 2. The number of amides is 2. The van der Waals surface area contributed by atoms with Crippen LogP contribution in [-0.4, -0.2) is 180 Å². The predicted octanol–water partition coefficient (Wildman–Crippen LogP) is 9.47. The second kappa shape index (κ2) is 27.8. The Kier molecular flexibility index (Phi) is 20.7. The highest BCUT2D eigenvalue weighted by atomic mass is 35.5. The lowest BCUT2D eigenvalue weighted by molar-refractivity contribution is -0.136. The van der Waals surface area contributed by atoms with Gasteiger partial charge in [-0.05, 0) is 125 Å². The van der Waals surface area contributed by atoms with E-state index in [0.717, 1.165) is 179 Å². The molecular formula is C59H78Cl2N8O6. The standard InChI is InChI=1S/C59H78Cl2N8O6/c1-43(70)63-40-56-57(45-14-18-47(61)19-15-45)51-23-21-49(39-55(51)75-56)73-37-11-7-9-26-67-32-34-69(35-33-67)58(59(71)65(4)5)53(41-64(2)3)62-24-27-68-30-28-66(29-31-68)25-8-6-10-36-72-48-20-22-50-52(42-74-54(50)38-48)44-12-16-46(60)17-13-44/h12-23,38-39,42,53,58,62H,6-11,24-37,40-41H2,1-5H3,(H,63,70). The Morgan fingerprint density at radius 2 is 1.20 bits per heavy atom. The zero-order chi connectivity index (χ0) is 52.7. The lowest BCUT2D eigenvalue weighted by Gasteiger charge is -2.43. The molecule has 2 amide bonds. The summed E-state index contributed by atoms with van der Waals surface area (Å²) in [6.07, 6.45) is 8.22. The van der Waals surface area contributed by atoms with Gasteiger partial charge < -0.3 is 48.5 Å². The molecule has 2 fully saturated rings. The van der Waals surface area contributed by atoms with Crippen molar-refractivity contribution in [1.29, 1.82) is 0 Å². The number of rotatable bonds is 27. The van der Waals surface area contributed by atoms with Crippen LogP contribution in [0.15, 0.2) is 100 Å². The fourth-order valence-electron chi connectivity index (χ4n) is 10.5. The van der Waals surface area contributed by atoms with E-state index in [4.69, 9.17) is 41.5 Å². The summed E-state index contributed by atoms with van der Waals surface area (Å²) >= 11 is 12.3. The van der Waals surface area contributed by atoms with Gasteiger partial charge in [-0.25, -0.2) is 0 Å². The quantitative estimate of drug-likeness (QED) is 0.0478. The zero-order valence-corrected chi connectivity index (χ0v) is 46.3. The van der Waals surface area contributed by atoms with E-state index in [1.807, 2.05) is 93.0 Å². The number of carbonyl (C=O) groups excluding carboxylic acids is 2. The molecule has 0 bridgehead atoms. The van der Waals surface area contributed by atoms with Gasteiger partial charge in [-0.3, -0.25) is 19.4 Å². The minimum absolute atomic E-state index is 0.0116. The van der Waals surface area contributed by atoms with Gasteiger partial charge in [-0.15, -0.1) is 0 Å². The van der Waals surface area contributed by atoms with Gasteiger partial charge in [0.15, 0.2) is 0 Å². The predicted molar refractivity (Wildman–Crippen MR) is 303 cm³/mol. The summed E-state index contributed by atoms with van der Waals surface area (Å²) in [5.41, 5.74) is 5.59.